The number of nitro groups is 1. The number of piperidine rings is 1. The summed E-state index contributed by atoms with van der Waals surface area (Å²) in [6.07, 6.45) is 3.49. The Bertz CT molecular complexity index is 1400. The van der Waals surface area contributed by atoms with Crippen LogP contribution in [0, 0.1) is 10.1 Å². The first-order valence-corrected chi connectivity index (χ1v) is 12.7. The van der Waals surface area contributed by atoms with E-state index < -0.39 is 4.92 Å². The molecule has 0 aliphatic carbocycles. The molecule has 5 rings (SSSR count). The van der Waals surface area contributed by atoms with Gasteiger partial charge in [0.2, 0.25) is 5.91 Å². The first-order chi connectivity index (χ1) is 18.4. The zero-order chi connectivity index (χ0) is 26.6. The van der Waals surface area contributed by atoms with Crippen LogP contribution < -0.4 is 15.5 Å². The number of fused-ring (bicyclic) bond motifs is 1. The Balaban J connectivity index is 1.44. The average Bonchev–Trinajstić information content (AvgIpc) is 3.27. The molecule has 194 valence electrons. The Morgan fingerprint density at radius 1 is 1.03 bits per heavy atom. The van der Waals surface area contributed by atoms with Crippen molar-refractivity contribution >= 4 is 45.8 Å². The second-order valence-electron chi connectivity index (χ2n) is 9.52. The molecule has 0 saturated carbocycles. The van der Waals surface area contributed by atoms with Gasteiger partial charge in [-0.05, 0) is 61.8 Å². The molecule has 2 heterocycles. The van der Waals surface area contributed by atoms with Crippen molar-refractivity contribution in [3.05, 3.63) is 94.0 Å². The van der Waals surface area contributed by atoms with Gasteiger partial charge >= 0.3 is 0 Å². The standard InChI is InChI=1S/C29H29N5O4/c1-32(26(35)19-33-16-6-3-7-17-33)22-12-10-21(11-13-22)30-28(20-8-4-2-5-9-20)27-24-18-23(34(37)38)14-15-25(24)31-29(27)36/h2,4-5,8-15,18,30H,3,6-7,16-17,19H2,1H3,(H,31,36). The van der Waals surface area contributed by atoms with Gasteiger partial charge in [-0.25, -0.2) is 0 Å². The first kappa shape index (κ1) is 25.2. The van der Waals surface area contributed by atoms with Crippen LogP contribution in [-0.4, -0.2) is 48.3 Å². The minimum absolute atomic E-state index is 0.0422. The van der Waals surface area contributed by atoms with Gasteiger partial charge in [0.05, 0.1) is 22.7 Å². The molecule has 0 radical (unpaired) electrons. The molecule has 2 N–H and O–H groups in total. The molecule has 2 aliphatic heterocycles. The molecule has 0 aromatic heterocycles. The van der Waals surface area contributed by atoms with Crippen LogP contribution in [0.4, 0.5) is 22.7 Å². The van der Waals surface area contributed by atoms with Crippen molar-refractivity contribution in [2.24, 2.45) is 0 Å². The van der Waals surface area contributed by atoms with E-state index in [-0.39, 0.29) is 17.5 Å². The van der Waals surface area contributed by atoms with Crippen molar-refractivity contribution in [3.8, 4) is 0 Å². The minimum Gasteiger partial charge on any atom is -0.354 e. The van der Waals surface area contributed by atoms with E-state index in [2.05, 4.69) is 15.5 Å². The Labute approximate surface area is 220 Å². The number of rotatable bonds is 7. The fourth-order valence-electron chi connectivity index (χ4n) is 4.87. The van der Waals surface area contributed by atoms with Crippen LogP contribution in [0.3, 0.4) is 0 Å². The SMILES string of the molecule is CN(C(=O)CN1CCCCC1)c1ccc(NC(=C2C(=O)Nc3ccc([N+](=O)[O-])cc32)c2ccccc2)cc1. The van der Waals surface area contributed by atoms with Gasteiger partial charge in [-0.3, -0.25) is 24.6 Å². The second-order valence-corrected chi connectivity index (χ2v) is 9.52. The number of hydrogen-bond donors (Lipinski definition) is 2. The summed E-state index contributed by atoms with van der Waals surface area (Å²) >= 11 is 0. The van der Waals surface area contributed by atoms with Crippen molar-refractivity contribution in [1.82, 2.24) is 4.90 Å². The van der Waals surface area contributed by atoms with Crippen molar-refractivity contribution in [2.75, 3.05) is 42.2 Å². The van der Waals surface area contributed by atoms with E-state index in [9.17, 15) is 19.7 Å². The third-order valence-corrected chi connectivity index (χ3v) is 6.98. The zero-order valence-corrected chi connectivity index (χ0v) is 21.1. The van der Waals surface area contributed by atoms with E-state index in [1.165, 1.54) is 18.6 Å². The number of amides is 2. The van der Waals surface area contributed by atoms with Crippen LogP contribution in [0.1, 0.15) is 30.4 Å². The molecule has 38 heavy (non-hydrogen) atoms. The Morgan fingerprint density at radius 3 is 2.42 bits per heavy atom. The number of benzene rings is 3. The molecule has 3 aromatic carbocycles. The molecular weight excluding hydrogens is 482 g/mol. The number of anilines is 3. The number of nitrogens with one attached hydrogen (secondary N) is 2. The summed E-state index contributed by atoms with van der Waals surface area (Å²) in [5, 5.41) is 17.6. The van der Waals surface area contributed by atoms with Crippen LogP contribution in [0.2, 0.25) is 0 Å². The molecular formula is C29H29N5O4. The summed E-state index contributed by atoms with van der Waals surface area (Å²) in [5.41, 5.74) is 4.00. The van der Waals surface area contributed by atoms with Gasteiger partial charge in [0.15, 0.2) is 0 Å². The van der Waals surface area contributed by atoms with Gasteiger partial charge in [0.1, 0.15) is 0 Å². The van der Waals surface area contributed by atoms with Gasteiger partial charge in [0, 0.05) is 41.8 Å². The highest BCUT2D eigenvalue weighted by Crippen LogP contribution is 2.39. The lowest BCUT2D eigenvalue weighted by Gasteiger charge is -2.28. The van der Waals surface area contributed by atoms with Crippen molar-refractivity contribution in [1.29, 1.82) is 0 Å². The highest BCUT2D eigenvalue weighted by atomic mass is 16.6. The van der Waals surface area contributed by atoms with Crippen LogP contribution >= 0.6 is 0 Å². The lowest BCUT2D eigenvalue weighted by molar-refractivity contribution is -0.384. The monoisotopic (exact) mass is 511 g/mol. The van der Waals surface area contributed by atoms with E-state index in [1.54, 1.807) is 18.0 Å². The summed E-state index contributed by atoms with van der Waals surface area (Å²) in [5.74, 6) is -0.299. The Kier molecular flexibility index (Phi) is 7.19. The predicted octanol–water partition coefficient (Wildman–Crippen LogP) is 4.98. The van der Waals surface area contributed by atoms with Gasteiger partial charge in [0.25, 0.3) is 11.6 Å². The number of likely N-dealkylation sites (tertiary alicyclic amines) is 1. The second kappa shape index (κ2) is 10.9. The van der Waals surface area contributed by atoms with E-state index in [1.807, 2.05) is 54.6 Å². The highest BCUT2D eigenvalue weighted by Gasteiger charge is 2.30. The van der Waals surface area contributed by atoms with Crippen LogP contribution in [0.25, 0.3) is 11.3 Å². The molecule has 9 nitrogen and oxygen atoms in total. The maximum absolute atomic E-state index is 13.1. The maximum atomic E-state index is 13.1. The third-order valence-electron chi connectivity index (χ3n) is 6.98. The number of non-ortho nitro benzene ring substituents is 1. The predicted molar refractivity (Wildman–Crippen MR) is 149 cm³/mol. The fraction of sp³-hybridized carbons (Fsp3) is 0.241. The lowest BCUT2D eigenvalue weighted by atomic mass is 9.99. The zero-order valence-electron chi connectivity index (χ0n) is 21.1. The molecule has 1 saturated heterocycles. The quantitative estimate of drug-likeness (QED) is 0.263. The summed E-state index contributed by atoms with van der Waals surface area (Å²) in [6, 6.07) is 21.1. The number of nitro benzene ring substituents is 1. The van der Waals surface area contributed by atoms with Crippen LogP contribution in [0.15, 0.2) is 72.8 Å². The fourth-order valence-corrected chi connectivity index (χ4v) is 4.87. The van der Waals surface area contributed by atoms with Crippen LogP contribution in [0.5, 0.6) is 0 Å². The third kappa shape index (κ3) is 5.28. The Morgan fingerprint density at radius 2 is 1.74 bits per heavy atom. The van der Waals surface area contributed by atoms with Gasteiger partial charge in [-0.15, -0.1) is 0 Å². The van der Waals surface area contributed by atoms with E-state index in [0.29, 0.717) is 34.8 Å². The summed E-state index contributed by atoms with van der Waals surface area (Å²) in [6.45, 7) is 2.32. The minimum atomic E-state index is -0.474. The number of carbonyl (C=O) groups is 2. The summed E-state index contributed by atoms with van der Waals surface area (Å²) < 4.78 is 0. The number of likely N-dealkylation sites (N-methyl/N-ethyl adjacent to an activating group) is 1. The molecule has 0 bridgehead atoms. The molecule has 0 spiro atoms. The highest BCUT2D eigenvalue weighted by molar-refractivity contribution is 6.37. The van der Waals surface area contributed by atoms with Crippen LogP contribution in [-0.2, 0) is 9.59 Å². The molecule has 0 unspecified atom stereocenters. The number of nitrogens with zero attached hydrogens (tertiary/aromatic N) is 3. The summed E-state index contributed by atoms with van der Waals surface area (Å²) in [7, 11) is 1.78. The van der Waals surface area contributed by atoms with E-state index in [4.69, 9.17) is 0 Å². The van der Waals surface area contributed by atoms with Gasteiger partial charge in [-0.1, -0.05) is 36.8 Å². The number of carbonyl (C=O) groups excluding carboxylic acids is 2. The largest absolute Gasteiger partial charge is 0.354 e. The van der Waals surface area contributed by atoms with Crippen molar-refractivity contribution in [2.45, 2.75) is 19.3 Å². The molecule has 3 aromatic rings. The molecule has 1 fully saturated rings. The number of hydrogen-bond acceptors (Lipinski definition) is 6. The Hall–Kier alpha value is -4.50. The topological polar surface area (TPSA) is 108 Å². The molecule has 2 amide bonds. The summed E-state index contributed by atoms with van der Waals surface area (Å²) in [4.78, 5) is 40.7. The van der Waals surface area contributed by atoms with E-state index >= 15 is 0 Å². The molecule has 9 heteroatoms. The van der Waals surface area contributed by atoms with Crippen molar-refractivity contribution in [3.63, 3.8) is 0 Å². The van der Waals surface area contributed by atoms with E-state index in [0.717, 1.165) is 37.2 Å². The van der Waals surface area contributed by atoms with Gasteiger partial charge < -0.3 is 15.5 Å². The van der Waals surface area contributed by atoms with Crippen molar-refractivity contribution < 1.29 is 14.5 Å². The smallest absolute Gasteiger partial charge is 0.270 e. The maximum Gasteiger partial charge on any atom is 0.270 e. The molecule has 2 aliphatic rings. The average molecular weight is 512 g/mol. The lowest BCUT2D eigenvalue weighted by Crippen LogP contribution is -2.40. The first-order valence-electron chi connectivity index (χ1n) is 12.7. The molecule has 0 atom stereocenters. The van der Waals surface area contributed by atoms with Gasteiger partial charge in [-0.2, -0.15) is 0 Å². The normalized spacial score (nSPS) is 16.4.